The van der Waals surface area contributed by atoms with Gasteiger partial charge in [-0.25, -0.2) is 9.37 Å². The molecule has 154 valence electrons. The molecule has 0 atom stereocenters. The third kappa shape index (κ3) is 4.94. The predicted molar refractivity (Wildman–Crippen MR) is 115 cm³/mol. The van der Waals surface area contributed by atoms with Crippen molar-refractivity contribution >= 4 is 5.78 Å². The summed E-state index contributed by atoms with van der Waals surface area (Å²) < 4.78 is 13.2. The number of hydrogen-bond donors (Lipinski definition) is 0. The van der Waals surface area contributed by atoms with Crippen LogP contribution in [0.15, 0.2) is 36.4 Å². The smallest absolute Gasteiger partial charge is 0.184 e. The molecule has 2 aromatic rings. The largest absolute Gasteiger partial charge is 0.292 e. The lowest BCUT2D eigenvalue weighted by Gasteiger charge is -2.28. The van der Waals surface area contributed by atoms with Crippen LogP contribution in [0, 0.1) is 17.2 Å². The molecule has 4 rings (SSSR count). The van der Waals surface area contributed by atoms with Gasteiger partial charge in [-0.15, -0.1) is 0 Å². The van der Waals surface area contributed by atoms with Crippen molar-refractivity contribution in [3.8, 4) is 0 Å². The Bertz CT molecular complexity index is 869. The predicted octanol–water partition coefficient (Wildman–Crippen LogP) is 6.84. The number of carbonyl (C=O) groups excluding carboxylic acids is 1. The van der Waals surface area contributed by atoms with Gasteiger partial charge in [-0.05, 0) is 91.5 Å². The zero-order valence-electron chi connectivity index (χ0n) is 17.9. The topological polar surface area (TPSA) is 30.0 Å². The van der Waals surface area contributed by atoms with Crippen molar-refractivity contribution in [2.45, 2.75) is 77.6 Å². The fourth-order valence-corrected chi connectivity index (χ4v) is 4.69. The number of aromatic nitrogens is 1. The highest BCUT2D eigenvalue weighted by Gasteiger charge is 2.34. The summed E-state index contributed by atoms with van der Waals surface area (Å²) in [5.74, 6) is 1.09. The molecule has 1 aromatic carbocycles. The van der Waals surface area contributed by atoms with E-state index in [0.29, 0.717) is 11.8 Å². The number of pyridine rings is 1. The summed E-state index contributed by atoms with van der Waals surface area (Å²) in [6, 6.07) is 11.2. The molecule has 2 aliphatic rings. The molecule has 0 bridgehead atoms. The van der Waals surface area contributed by atoms with E-state index in [2.05, 4.69) is 32.9 Å². The lowest BCUT2D eigenvalue weighted by molar-refractivity contribution is 0.0877. The van der Waals surface area contributed by atoms with E-state index < -0.39 is 0 Å². The van der Waals surface area contributed by atoms with Gasteiger partial charge in [0, 0.05) is 11.6 Å². The highest BCUT2D eigenvalue weighted by Crippen LogP contribution is 2.43. The van der Waals surface area contributed by atoms with Gasteiger partial charge in [-0.1, -0.05) is 39.0 Å². The van der Waals surface area contributed by atoms with Gasteiger partial charge in [-0.2, -0.15) is 0 Å². The van der Waals surface area contributed by atoms with Crippen LogP contribution in [0.25, 0.3) is 0 Å². The Hall–Kier alpha value is -2.03. The maximum Gasteiger partial charge on any atom is 0.184 e. The lowest BCUT2D eigenvalue weighted by atomic mass is 9.76. The van der Waals surface area contributed by atoms with Crippen LogP contribution in [0.3, 0.4) is 0 Å². The Labute approximate surface area is 173 Å². The summed E-state index contributed by atoms with van der Waals surface area (Å²) in [5.41, 5.74) is 4.31. The summed E-state index contributed by atoms with van der Waals surface area (Å²) in [6.07, 6.45) is 7.02. The summed E-state index contributed by atoms with van der Waals surface area (Å²) in [6.45, 7) is 6.63. The van der Waals surface area contributed by atoms with Crippen molar-refractivity contribution in [1.82, 2.24) is 4.98 Å². The maximum absolute atomic E-state index is 13.4. The third-order valence-electron chi connectivity index (χ3n) is 6.39. The zero-order valence-corrected chi connectivity index (χ0v) is 17.9. The number of halogens is 1. The number of benzene rings is 1. The van der Waals surface area contributed by atoms with E-state index in [4.69, 9.17) is 4.98 Å². The highest BCUT2D eigenvalue weighted by atomic mass is 19.1. The summed E-state index contributed by atoms with van der Waals surface area (Å²) in [4.78, 5) is 18.3. The molecule has 0 unspecified atom stereocenters. The van der Waals surface area contributed by atoms with E-state index >= 15 is 0 Å². The van der Waals surface area contributed by atoms with E-state index in [1.165, 1.54) is 24.0 Å². The van der Waals surface area contributed by atoms with E-state index in [-0.39, 0.29) is 22.9 Å². The molecule has 0 amide bonds. The molecule has 3 heteroatoms. The van der Waals surface area contributed by atoms with Gasteiger partial charge in [0.1, 0.15) is 11.5 Å². The fraction of sp³-hybridized carbons (Fsp3) is 0.538. The number of carbonyl (C=O) groups is 1. The second-order valence-electron chi connectivity index (χ2n) is 10.2. The first-order valence-corrected chi connectivity index (χ1v) is 11.1. The Balaban J connectivity index is 1.49. The second kappa shape index (κ2) is 8.01. The average Bonchev–Trinajstić information content (AvgIpc) is 3.52. The number of nitrogens with zero attached hydrogens (tertiary/aromatic N) is 1. The third-order valence-corrected chi connectivity index (χ3v) is 6.39. The lowest BCUT2D eigenvalue weighted by Crippen LogP contribution is -2.24. The van der Waals surface area contributed by atoms with Crippen LogP contribution >= 0.6 is 0 Å². The second-order valence-corrected chi connectivity index (χ2v) is 10.2. The van der Waals surface area contributed by atoms with Crippen LogP contribution in [0.1, 0.15) is 98.4 Å². The van der Waals surface area contributed by atoms with Crippen molar-refractivity contribution in [2.75, 3.05) is 0 Å². The minimum absolute atomic E-state index is 0.0709. The molecule has 2 fully saturated rings. The van der Waals surface area contributed by atoms with Gasteiger partial charge in [0.15, 0.2) is 5.78 Å². The van der Waals surface area contributed by atoms with E-state index in [9.17, 15) is 9.18 Å². The van der Waals surface area contributed by atoms with Crippen molar-refractivity contribution in [3.63, 3.8) is 0 Å². The van der Waals surface area contributed by atoms with Gasteiger partial charge in [-0.3, -0.25) is 4.79 Å². The number of hydrogen-bond acceptors (Lipinski definition) is 2. The highest BCUT2D eigenvalue weighted by molar-refractivity contribution is 5.97. The number of rotatable bonds is 5. The standard InChI is InChI=1S/C26H32FNO/c1-26(2,3)16-22-14-15-23(19-6-7-19)24(28-22)25(29)20-8-4-17(5-9-20)18-10-12-21(27)13-11-18/h10-15,17,19-20H,4-9,16H2,1-3H3. The molecular formula is C26H32FNO. The Morgan fingerprint density at radius 1 is 0.931 bits per heavy atom. The van der Waals surface area contributed by atoms with Crippen LogP contribution in [0.2, 0.25) is 0 Å². The Kier molecular flexibility index (Phi) is 5.59. The summed E-state index contributed by atoms with van der Waals surface area (Å²) in [7, 11) is 0. The van der Waals surface area contributed by atoms with E-state index in [1.54, 1.807) is 12.1 Å². The van der Waals surface area contributed by atoms with E-state index in [0.717, 1.165) is 43.5 Å². The first-order valence-electron chi connectivity index (χ1n) is 11.1. The van der Waals surface area contributed by atoms with Crippen molar-refractivity contribution < 1.29 is 9.18 Å². The normalized spacial score (nSPS) is 22.5. The Morgan fingerprint density at radius 2 is 1.55 bits per heavy atom. The molecule has 1 aromatic heterocycles. The number of Topliss-reactive ketones (excluding diaryl/α,β-unsaturated/α-hetero) is 1. The summed E-state index contributed by atoms with van der Waals surface area (Å²) >= 11 is 0. The monoisotopic (exact) mass is 393 g/mol. The van der Waals surface area contributed by atoms with Crippen molar-refractivity contribution in [1.29, 1.82) is 0 Å². The Morgan fingerprint density at radius 3 is 2.14 bits per heavy atom. The van der Waals surface area contributed by atoms with Crippen LogP contribution in [0.4, 0.5) is 4.39 Å². The van der Waals surface area contributed by atoms with Gasteiger partial charge >= 0.3 is 0 Å². The maximum atomic E-state index is 13.4. The van der Waals surface area contributed by atoms with Gasteiger partial charge in [0.05, 0.1) is 0 Å². The number of ketones is 1. The van der Waals surface area contributed by atoms with Crippen LogP contribution in [-0.2, 0) is 6.42 Å². The SMILES string of the molecule is CC(C)(C)Cc1ccc(C2CC2)c(C(=O)C2CCC(c3ccc(F)cc3)CC2)n1. The zero-order chi connectivity index (χ0) is 20.6. The average molecular weight is 394 g/mol. The molecular weight excluding hydrogens is 361 g/mol. The van der Waals surface area contributed by atoms with E-state index in [1.807, 2.05) is 12.1 Å². The molecule has 1 heterocycles. The first-order chi connectivity index (χ1) is 13.8. The van der Waals surface area contributed by atoms with Crippen LogP contribution in [-0.4, -0.2) is 10.8 Å². The molecule has 29 heavy (non-hydrogen) atoms. The fourth-order valence-electron chi connectivity index (χ4n) is 4.69. The molecule has 0 N–H and O–H groups in total. The van der Waals surface area contributed by atoms with Crippen LogP contribution < -0.4 is 0 Å². The minimum atomic E-state index is -0.188. The van der Waals surface area contributed by atoms with Crippen molar-refractivity contribution in [3.05, 3.63) is 64.7 Å². The summed E-state index contributed by atoms with van der Waals surface area (Å²) in [5, 5.41) is 0. The molecule has 2 aliphatic carbocycles. The van der Waals surface area contributed by atoms with Gasteiger partial charge in [0.2, 0.25) is 0 Å². The van der Waals surface area contributed by atoms with Gasteiger partial charge in [0.25, 0.3) is 0 Å². The molecule has 2 saturated carbocycles. The molecule has 0 radical (unpaired) electrons. The molecule has 0 saturated heterocycles. The molecule has 2 nitrogen and oxygen atoms in total. The van der Waals surface area contributed by atoms with Crippen molar-refractivity contribution in [2.24, 2.45) is 11.3 Å². The van der Waals surface area contributed by atoms with Gasteiger partial charge < -0.3 is 0 Å². The molecule has 0 aliphatic heterocycles. The first kappa shape index (κ1) is 20.3. The van der Waals surface area contributed by atoms with Crippen LogP contribution in [0.5, 0.6) is 0 Å². The quantitative estimate of drug-likeness (QED) is 0.520. The molecule has 0 spiro atoms. The minimum Gasteiger partial charge on any atom is -0.292 e.